The molecule has 2 heterocycles. The summed E-state index contributed by atoms with van der Waals surface area (Å²) in [5.41, 5.74) is 2.35. The summed E-state index contributed by atoms with van der Waals surface area (Å²) in [5, 5.41) is 9.84. The lowest BCUT2D eigenvalue weighted by atomic mass is 9.88. The molecular weight excluding hydrogens is 278 g/mol. The van der Waals surface area contributed by atoms with Crippen LogP contribution in [0.3, 0.4) is 0 Å². The van der Waals surface area contributed by atoms with Gasteiger partial charge in [0.1, 0.15) is 0 Å². The van der Waals surface area contributed by atoms with Crippen molar-refractivity contribution in [1.29, 1.82) is 0 Å². The minimum atomic E-state index is -0.194. The highest BCUT2D eigenvalue weighted by atomic mass is 16.5. The topological polar surface area (TPSA) is 49.8 Å². The number of aliphatic hydroxyl groups excluding tert-OH is 1. The molecule has 1 saturated heterocycles. The Bertz CT molecular complexity index is 531. The van der Waals surface area contributed by atoms with Crippen molar-refractivity contribution < 1.29 is 14.6 Å². The van der Waals surface area contributed by atoms with Gasteiger partial charge < -0.3 is 14.7 Å². The second-order valence-corrected chi connectivity index (χ2v) is 6.30. The predicted molar refractivity (Wildman–Crippen MR) is 84.4 cm³/mol. The van der Waals surface area contributed by atoms with Gasteiger partial charge in [-0.2, -0.15) is 0 Å². The van der Waals surface area contributed by atoms with Crippen molar-refractivity contribution in [2.75, 3.05) is 19.8 Å². The fraction of sp³-hybridized carbons (Fsp3) is 0.611. The SMILES string of the molecule is CC[C@@H]1C[C@@H](C(=O)N2CCc3ccccc3[C@@H]2CO)CCO1. The first-order valence-electron chi connectivity index (χ1n) is 8.35. The lowest BCUT2D eigenvalue weighted by Gasteiger charge is -2.40. The van der Waals surface area contributed by atoms with E-state index in [0.29, 0.717) is 13.2 Å². The van der Waals surface area contributed by atoms with Crippen LogP contribution >= 0.6 is 0 Å². The van der Waals surface area contributed by atoms with Crippen LogP contribution in [0.25, 0.3) is 0 Å². The summed E-state index contributed by atoms with van der Waals surface area (Å²) in [6, 6.07) is 7.95. The van der Waals surface area contributed by atoms with Gasteiger partial charge in [0.15, 0.2) is 0 Å². The van der Waals surface area contributed by atoms with Crippen LogP contribution in [0.2, 0.25) is 0 Å². The molecule has 4 nitrogen and oxygen atoms in total. The van der Waals surface area contributed by atoms with Crippen LogP contribution in [-0.2, 0) is 16.0 Å². The van der Waals surface area contributed by atoms with E-state index in [-0.39, 0.29) is 30.6 Å². The Kier molecular flexibility index (Phi) is 4.79. The molecule has 1 N–H and O–H groups in total. The largest absolute Gasteiger partial charge is 0.394 e. The Morgan fingerprint density at radius 3 is 3.00 bits per heavy atom. The van der Waals surface area contributed by atoms with Gasteiger partial charge in [0.05, 0.1) is 18.8 Å². The Morgan fingerprint density at radius 1 is 1.41 bits per heavy atom. The van der Waals surface area contributed by atoms with Gasteiger partial charge in [-0.3, -0.25) is 4.79 Å². The maximum atomic E-state index is 13.0. The average Bonchev–Trinajstić information content (AvgIpc) is 2.60. The number of carbonyl (C=O) groups is 1. The summed E-state index contributed by atoms with van der Waals surface area (Å²) < 4.78 is 5.68. The van der Waals surface area contributed by atoms with Crippen LogP contribution in [0.1, 0.15) is 43.4 Å². The van der Waals surface area contributed by atoms with Gasteiger partial charge in [-0.05, 0) is 36.8 Å². The molecule has 22 heavy (non-hydrogen) atoms. The van der Waals surface area contributed by atoms with E-state index in [1.807, 2.05) is 23.1 Å². The molecule has 0 unspecified atom stereocenters. The van der Waals surface area contributed by atoms with Crippen LogP contribution in [0.5, 0.6) is 0 Å². The molecule has 0 saturated carbocycles. The summed E-state index contributed by atoms with van der Waals surface area (Å²) >= 11 is 0. The summed E-state index contributed by atoms with van der Waals surface area (Å²) in [6.45, 7) is 3.47. The molecule has 0 spiro atoms. The number of fused-ring (bicyclic) bond motifs is 1. The maximum absolute atomic E-state index is 13.0. The molecule has 3 atom stereocenters. The summed E-state index contributed by atoms with van der Waals surface area (Å²) in [4.78, 5) is 14.8. The fourth-order valence-electron chi connectivity index (χ4n) is 3.74. The first kappa shape index (κ1) is 15.5. The molecule has 3 rings (SSSR count). The number of nitrogens with zero attached hydrogens (tertiary/aromatic N) is 1. The maximum Gasteiger partial charge on any atom is 0.226 e. The van der Waals surface area contributed by atoms with Gasteiger partial charge >= 0.3 is 0 Å². The molecule has 1 fully saturated rings. The Labute approximate surface area is 132 Å². The monoisotopic (exact) mass is 303 g/mol. The van der Waals surface area contributed by atoms with Crippen molar-refractivity contribution in [3.8, 4) is 0 Å². The van der Waals surface area contributed by atoms with E-state index in [0.717, 1.165) is 31.2 Å². The van der Waals surface area contributed by atoms with Crippen LogP contribution in [0.15, 0.2) is 24.3 Å². The van der Waals surface area contributed by atoms with Crippen LogP contribution in [0, 0.1) is 5.92 Å². The second kappa shape index (κ2) is 6.80. The molecule has 4 heteroatoms. The molecule has 2 aliphatic heterocycles. The van der Waals surface area contributed by atoms with E-state index < -0.39 is 0 Å². The molecule has 0 radical (unpaired) electrons. The van der Waals surface area contributed by atoms with Crippen LogP contribution in [0.4, 0.5) is 0 Å². The van der Waals surface area contributed by atoms with Crippen LogP contribution in [-0.4, -0.2) is 41.8 Å². The van der Waals surface area contributed by atoms with Crippen molar-refractivity contribution in [3.63, 3.8) is 0 Å². The van der Waals surface area contributed by atoms with Crippen molar-refractivity contribution >= 4 is 5.91 Å². The summed E-state index contributed by atoms with van der Waals surface area (Å²) in [5.74, 6) is 0.230. The zero-order valence-electron chi connectivity index (χ0n) is 13.2. The molecule has 1 amide bonds. The van der Waals surface area contributed by atoms with Gasteiger partial charge in [0, 0.05) is 19.1 Å². The molecule has 0 aliphatic carbocycles. The third kappa shape index (κ3) is 2.90. The Balaban J connectivity index is 1.78. The summed E-state index contributed by atoms with van der Waals surface area (Å²) in [7, 11) is 0. The van der Waals surface area contributed by atoms with Crippen molar-refractivity contribution in [2.24, 2.45) is 5.92 Å². The third-order valence-corrected chi connectivity index (χ3v) is 5.04. The standard InChI is InChI=1S/C18H25NO3/c1-2-15-11-14(8-10-22-15)18(21)19-9-7-13-5-3-4-6-16(13)17(19)12-20/h3-6,14-15,17,20H,2,7-12H2,1H3/t14-,15+,17-/m0/s1. The smallest absolute Gasteiger partial charge is 0.226 e. The number of hydrogen-bond donors (Lipinski definition) is 1. The van der Waals surface area contributed by atoms with Crippen molar-refractivity contribution in [3.05, 3.63) is 35.4 Å². The highest BCUT2D eigenvalue weighted by Gasteiger charge is 2.36. The quantitative estimate of drug-likeness (QED) is 0.932. The zero-order valence-corrected chi connectivity index (χ0v) is 13.2. The van der Waals surface area contributed by atoms with Crippen LogP contribution < -0.4 is 0 Å². The number of ether oxygens (including phenoxy) is 1. The number of carbonyl (C=O) groups excluding carboxylic acids is 1. The third-order valence-electron chi connectivity index (χ3n) is 5.04. The highest BCUT2D eigenvalue weighted by molar-refractivity contribution is 5.80. The van der Waals surface area contributed by atoms with E-state index in [1.54, 1.807) is 0 Å². The minimum Gasteiger partial charge on any atom is -0.394 e. The number of rotatable bonds is 3. The molecule has 0 aromatic heterocycles. The Hall–Kier alpha value is -1.39. The normalized spacial score (nSPS) is 28.3. The van der Waals surface area contributed by atoms with Gasteiger partial charge in [-0.15, -0.1) is 0 Å². The van der Waals surface area contributed by atoms with Gasteiger partial charge in [0.2, 0.25) is 5.91 Å². The minimum absolute atomic E-state index is 0.0107. The van der Waals surface area contributed by atoms with E-state index in [2.05, 4.69) is 13.0 Å². The molecule has 1 aromatic rings. The second-order valence-electron chi connectivity index (χ2n) is 6.30. The molecular formula is C18H25NO3. The van der Waals surface area contributed by atoms with Crippen molar-refractivity contribution in [2.45, 2.75) is 44.8 Å². The average molecular weight is 303 g/mol. The molecule has 1 aromatic carbocycles. The molecule has 2 aliphatic rings. The van der Waals surface area contributed by atoms with E-state index in [9.17, 15) is 9.90 Å². The first-order chi connectivity index (χ1) is 10.7. The number of benzene rings is 1. The van der Waals surface area contributed by atoms with Gasteiger partial charge in [-0.1, -0.05) is 31.2 Å². The van der Waals surface area contributed by atoms with E-state index >= 15 is 0 Å². The lowest BCUT2D eigenvalue weighted by Crippen LogP contribution is -2.46. The number of amides is 1. The highest BCUT2D eigenvalue weighted by Crippen LogP contribution is 2.33. The Morgan fingerprint density at radius 2 is 2.23 bits per heavy atom. The number of hydrogen-bond acceptors (Lipinski definition) is 3. The number of aliphatic hydroxyl groups is 1. The lowest BCUT2D eigenvalue weighted by molar-refractivity contribution is -0.144. The molecule has 120 valence electrons. The zero-order chi connectivity index (χ0) is 15.5. The molecule has 0 bridgehead atoms. The fourth-order valence-corrected chi connectivity index (χ4v) is 3.74. The van der Waals surface area contributed by atoms with Gasteiger partial charge in [0.25, 0.3) is 0 Å². The van der Waals surface area contributed by atoms with E-state index in [4.69, 9.17) is 4.74 Å². The first-order valence-corrected chi connectivity index (χ1v) is 8.35. The van der Waals surface area contributed by atoms with E-state index in [1.165, 1.54) is 5.56 Å². The summed E-state index contributed by atoms with van der Waals surface area (Å²) in [6.07, 6.45) is 3.64. The van der Waals surface area contributed by atoms with Gasteiger partial charge in [-0.25, -0.2) is 0 Å². The predicted octanol–water partition coefficient (Wildman–Crippen LogP) is 2.31. The van der Waals surface area contributed by atoms with Crippen molar-refractivity contribution in [1.82, 2.24) is 4.90 Å².